The lowest BCUT2D eigenvalue weighted by molar-refractivity contribution is -0.906. The van der Waals surface area contributed by atoms with Crippen LogP contribution in [0.4, 0.5) is 0 Å². The van der Waals surface area contributed by atoms with Crippen LogP contribution in [0.25, 0.3) is 0 Å². The zero-order valence-corrected chi connectivity index (χ0v) is 16.1. The fraction of sp³-hybridized carbons (Fsp3) is 0.579. The van der Waals surface area contributed by atoms with Crippen LogP contribution in [0.1, 0.15) is 39.0 Å². The van der Waals surface area contributed by atoms with Crippen LogP contribution in [0.3, 0.4) is 0 Å². The van der Waals surface area contributed by atoms with Crippen LogP contribution in [-0.4, -0.2) is 49.4 Å². The van der Waals surface area contributed by atoms with Gasteiger partial charge in [0.25, 0.3) is 10.1 Å². The van der Waals surface area contributed by atoms with Gasteiger partial charge in [0.1, 0.15) is 0 Å². The van der Waals surface area contributed by atoms with Crippen molar-refractivity contribution in [3.05, 3.63) is 50.6 Å². The van der Waals surface area contributed by atoms with Crippen molar-refractivity contribution >= 4 is 10.1 Å². The molecule has 4 nitrogen and oxygen atoms in total. The maximum absolute atomic E-state index is 10.2. The normalized spacial score (nSPS) is 11.1. The summed E-state index contributed by atoms with van der Waals surface area (Å²) >= 11 is 0. The molecule has 0 aromatic carbocycles. The lowest BCUT2D eigenvalue weighted by atomic mass is 10.2. The van der Waals surface area contributed by atoms with Gasteiger partial charge in [0.15, 0.2) is 0 Å². The monoisotopic (exact) mass is 358 g/mol. The highest BCUT2D eigenvalue weighted by molar-refractivity contribution is 7.85. The summed E-state index contributed by atoms with van der Waals surface area (Å²) in [5, 5.41) is 0. The van der Waals surface area contributed by atoms with Gasteiger partial charge in [-0.05, 0) is 30.7 Å². The van der Waals surface area contributed by atoms with E-state index in [1.165, 1.54) is 0 Å². The third kappa shape index (κ3) is 15.7. The SMILES string of the molecule is C=CC[N+](CC=C)(CC=C)CC=C.CCCCCCCS(=O)(=O)O. The maximum Gasteiger partial charge on any atom is 0.264 e. The Morgan fingerprint density at radius 1 is 0.792 bits per heavy atom. The Kier molecular flexibility index (Phi) is 16.1. The summed E-state index contributed by atoms with van der Waals surface area (Å²) in [5.74, 6) is -0.0866. The molecule has 0 saturated carbocycles. The lowest BCUT2D eigenvalue weighted by Crippen LogP contribution is -2.48. The first kappa shape index (κ1) is 25.1. The Morgan fingerprint density at radius 2 is 1.17 bits per heavy atom. The van der Waals surface area contributed by atoms with Crippen molar-refractivity contribution in [2.24, 2.45) is 0 Å². The van der Waals surface area contributed by atoms with Gasteiger partial charge < -0.3 is 4.48 Å². The molecule has 0 atom stereocenters. The molecule has 0 fully saturated rings. The second-order valence-electron chi connectivity index (χ2n) is 5.93. The molecule has 1 N–H and O–H groups in total. The molecule has 0 saturated heterocycles. The molecule has 140 valence electrons. The Balaban J connectivity index is 0. The molecule has 24 heavy (non-hydrogen) atoms. The molecule has 0 aromatic rings. The van der Waals surface area contributed by atoms with Crippen molar-refractivity contribution in [2.75, 3.05) is 31.9 Å². The minimum atomic E-state index is -3.71. The summed E-state index contributed by atoms with van der Waals surface area (Å²) in [5.41, 5.74) is 0. The molecule has 0 rings (SSSR count). The van der Waals surface area contributed by atoms with E-state index in [0.717, 1.165) is 56.3 Å². The summed E-state index contributed by atoms with van der Waals surface area (Å²) < 4.78 is 29.7. The molecule has 0 aromatic heterocycles. The van der Waals surface area contributed by atoms with Crippen molar-refractivity contribution in [1.82, 2.24) is 0 Å². The first-order valence-corrected chi connectivity index (χ1v) is 10.2. The molecule has 0 aliphatic heterocycles. The van der Waals surface area contributed by atoms with E-state index in [2.05, 4.69) is 33.2 Å². The molecule has 0 aliphatic rings. The lowest BCUT2D eigenvalue weighted by Gasteiger charge is -2.35. The third-order valence-electron chi connectivity index (χ3n) is 3.57. The smallest absolute Gasteiger partial charge is 0.264 e. The fourth-order valence-corrected chi connectivity index (χ4v) is 3.00. The Hall–Kier alpha value is -1.17. The Morgan fingerprint density at radius 3 is 1.46 bits per heavy atom. The average molecular weight is 359 g/mol. The highest BCUT2D eigenvalue weighted by Crippen LogP contribution is 2.07. The molecule has 0 radical (unpaired) electrons. The number of unbranched alkanes of at least 4 members (excludes halogenated alkanes) is 4. The Bertz CT molecular complexity index is 410. The molecule has 0 spiro atoms. The summed E-state index contributed by atoms with van der Waals surface area (Å²) in [4.78, 5) is 0. The van der Waals surface area contributed by atoms with E-state index in [9.17, 15) is 8.42 Å². The molecule has 0 aliphatic carbocycles. The molecule has 0 amide bonds. The topological polar surface area (TPSA) is 54.4 Å². The standard InChI is InChI=1S/C12H20N.C7H16O3S/c1-5-9-13(10-6-2,11-7-3)12-8-4;1-2-3-4-5-6-7-11(8,9)10/h5-8H,1-4,9-12H2;2-7H2,1H3,(H,8,9,10)/q+1;. The third-order valence-corrected chi connectivity index (χ3v) is 4.38. The van der Waals surface area contributed by atoms with Crippen LogP contribution < -0.4 is 0 Å². The van der Waals surface area contributed by atoms with Gasteiger partial charge in [0, 0.05) is 0 Å². The van der Waals surface area contributed by atoms with Crippen molar-refractivity contribution < 1.29 is 17.5 Å². The predicted octanol–water partition coefficient (Wildman–Crippen LogP) is 4.39. The van der Waals surface area contributed by atoms with E-state index in [-0.39, 0.29) is 5.75 Å². The van der Waals surface area contributed by atoms with Gasteiger partial charge in [0.05, 0.1) is 31.9 Å². The van der Waals surface area contributed by atoms with Crippen molar-refractivity contribution in [3.63, 3.8) is 0 Å². The summed E-state index contributed by atoms with van der Waals surface area (Å²) in [6.07, 6.45) is 12.6. The van der Waals surface area contributed by atoms with Gasteiger partial charge in [0.2, 0.25) is 0 Å². The van der Waals surface area contributed by atoms with Crippen LogP contribution in [-0.2, 0) is 10.1 Å². The van der Waals surface area contributed by atoms with Crippen molar-refractivity contribution in [2.45, 2.75) is 39.0 Å². The first-order chi connectivity index (χ1) is 11.3. The van der Waals surface area contributed by atoms with Crippen LogP contribution in [0.5, 0.6) is 0 Å². The number of hydrogen-bond donors (Lipinski definition) is 1. The minimum absolute atomic E-state index is 0.0866. The highest BCUT2D eigenvalue weighted by Gasteiger charge is 2.20. The van der Waals surface area contributed by atoms with E-state index in [0.29, 0.717) is 6.42 Å². The van der Waals surface area contributed by atoms with E-state index < -0.39 is 10.1 Å². The predicted molar refractivity (Wildman–Crippen MR) is 106 cm³/mol. The van der Waals surface area contributed by atoms with Gasteiger partial charge in [-0.1, -0.05) is 58.9 Å². The van der Waals surface area contributed by atoms with Crippen molar-refractivity contribution in [3.8, 4) is 0 Å². The molecular formula is C19H36NO3S+. The number of hydrogen-bond acceptors (Lipinski definition) is 2. The molecule has 0 heterocycles. The summed E-state index contributed by atoms with van der Waals surface area (Å²) in [6.45, 7) is 20.9. The fourth-order valence-electron chi connectivity index (χ4n) is 2.43. The van der Waals surface area contributed by atoms with E-state index in [4.69, 9.17) is 4.55 Å². The highest BCUT2D eigenvalue weighted by atomic mass is 32.2. The van der Waals surface area contributed by atoms with Gasteiger partial charge in [-0.3, -0.25) is 4.55 Å². The van der Waals surface area contributed by atoms with Crippen LogP contribution in [0, 0.1) is 0 Å². The molecule has 0 bridgehead atoms. The summed E-state index contributed by atoms with van der Waals surface area (Å²) in [6, 6.07) is 0. The first-order valence-electron chi connectivity index (χ1n) is 8.54. The van der Waals surface area contributed by atoms with E-state index >= 15 is 0 Å². The Labute approximate surface area is 149 Å². The quantitative estimate of drug-likeness (QED) is 0.217. The van der Waals surface area contributed by atoms with E-state index in [1.807, 2.05) is 24.3 Å². The number of quaternary nitrogens is 1. The zero-order valence-electron chi connectivity index (χ0n) is 15.3. The van der Waals surface area contributed by atoms with Crippen LogP contribution >= 0.6 is 0 Å². The molecular weight excluding hydrogens is 322 g/mol. The van der Waals surface area contributed by atoms with Crippen LogP contribution in [0.15, 0.2) is 50.6 Å². The maximum atomic E-state index is 10.2. The second kappa shape index (κ2) is 15.4. The average Bonchev–Trinajstić information content (AvgIpc) is 2.48. The number of nitrogens with zero attached hydrogens (tertiary/aromatic N) is 1. The molecule has 5 heteroatoms. The van der Waals surface area contributed by atoms with E-state index in [1.54, 1.807) is 0 Å². The minimum Gasteiger partial charge on any atom is -0.311 e. The summed E-state index contributed by atoms with van der Waals surface area (Å²) in [7, 11) is -3.71. The van der Waals surface area contributed by atoms with Gasteiger partial charge in [-0.25, -0.2) is 0 Å². The van der Waals surface area contributed by atoms with Crippen molar-refractivity contribution in [1.29, 1.82) is 0 Å². The second-order valence-corrected chi connectivity index (χ2v) is 7.50. The van der Waals surface area contributed by atoms with Crippen LogP contribution in [0.2, 0.25) is 0 Å². The van der Waals surface area contributed by atoms with Gasteiger partial charge in [-0.15, -0.1) is 0 Å². The van der Waals surface area contributed by atoms with Gasteiger partial charge in [-0.2, -0.15) is 8.42 Å². The largest absolute Gasteiger partial charge is 0.311 e. The van der Waals surface area contributed by atoms with Gasteiger partial charge >= 0.3 is 0 Å². The zero-order chi connectivity index (χ0) is 18.9. The molecule has 0 unspecified atom stereocenters. The number of rotatable bonds is 14.